The lowest BCUT2D eigenvalue weighted by atomic mass is 10.0. The first-order chi connectivity index (χ1) is 14.1. The van der Waals surface area contributed by atoms with Crippen LogP contribution in [-0.2, 0) is 0 Å². The highest BCUT2D eigenvalue weighted by atomic mass is 19.1. The number of carbonyl (C=O) groups excluding carboxylic acids is 1. The fourth-order valence-corrected chi connectivity index (χ4v) is 3.01. The second-order valence-corrected chi connectivity index (χ2v) is 6.69. The number of hydrazone groups is 1. The van der Waals surface area contributed by atoms with E-state index in [2.05, 4.69) is 10.5 Å². The van der Waals surface area contributed by atoms with Crippen LogP contribution >= 0.6 is 0 Å². The number of benzene rings is 3. The molecule has 1 aromatic heterocycles. The molecule has 0 bridgehead atoms. The van der Waals surface area contributed by atoms with Gasteiger partial charge in [0.1, 0.15) is 5.82 Å². The molecule has 4 nitrogen and oxygen atoms in total. The molecule has 0 radical (unpaired) electrons. The molecule has 5 heteroatoms. The largest absolute Gasteiger partial charge is 0.272 e. The van der Waals surface area contributed by atoms with Crippen molar-refractivity contribution in [2.75, 3.05) is 0 Å². The third-order valence-corrected chi connectivity index (χ3v) is 4.56. The van der Waals surface area contributed by atoms with E-state index in [1.165, 1.54) is 18.3 Å². The molecular formula is C24H18FN3O. The summed E-state index contributed by atoms with van der Waals surface area (Å²) in [4.78, 5) is 17.5. The van der Waals surface area contributed by atoms with Crippen LogP contribution in [0.4, 0.5) is 4.39 Å². The Morgan fingerprint density at radius 3 is 2.48 bits per heavy atom. The molecular weight excluding hydrogens is 365 g/mol. The lowest BCUT2D eigenvalue weighted by Crippen LogP contribution is -2.18. The topological polar surface area (TPSA) is 54.4 Å². The summed E-state index contributed by atoms with van der Waals surface area (Å²) in [5.41, 5.74) is 7.27. The van der Waals surface area contributed by atoms with Gasteiger partial charge in [-0.05, 0) is 36.8 Å². The fraction of sp³-hybridized carbons (Fsp3) is 0.0417. The Hall–Kier alpha value is -3.86. The first-order valence-electron chi connectivity index (χ1n) is 9.16. The maximum absolute atomic E-state index is 13.0. The zero-order chi connectivity index (χ0) is 20.2. The summed E-state index contributed by atoms with van der Waals surface area (Å²) in [6.07, 6.45) is 1.47. The van der Waals surface area contributed by atoms with Gasteiger partial charge in [-0.3, -0.25) is 4.79 Å². The molecule has 4 rings (SSSR count). The van der Waals surface area contributed by atoms with Crippen molar-refractivity contribution < 1.29 is 9.18 Å². The molecule has 142 valence electrons. The average molecular weight is 383 g/mol. The van der Waals surface area contributed by atoms with Crippen LogP contribution in [0.15, 0.2) is 84.0 Å². The number of aryl methyl sites for hydroxylation is 1. The molecule has 0 atom stereocenters. The molecule has 3 aromatic carbocycles. The van der Waals surface area contributed by atoms with Gasteiger partial charge in [0.25, 0.3) is 5.91 Å². The number of nitrogens with one attached hydrogen (secondary N) is 1. The van der Waals surface area contributed by atoms with Gasteiger partial charge in [-0.2, -0.15) is 5.10 Å². The maximum atomic E-state index is 13.0. The van der Waals surface area contributed by atoms with E-state index in [1.807, 2.05) is 55.5 Å². The molecule has 0 aliphatic carbocycles. The zero-order valence-corrected chi connectivity index (χ0v) is 15.8. The molecule has 0 spiro atoms. The van der Waals surface area contributed by atoms with E-state index in [9.17, 15) is 9.18 Å². The van der Waals surface area contributed by atoms with Gasteiger partial charge in [-0.15, -0.1) is 0 Å². The van der Waals surface area contributed by atoms with Crippen molar-refractivity contribution in [2.24, 2.45) is 5.10 Å². The molecule has 0 saturated heterocycles. The Morgan fingerprint density at radius 1 is 1.00 bits per heavy atom. The van der Waals surface area contributed by atoms with Crippen molar-refractivity contribution in [3.05, 3.63) is 101 Å². The SMILES string of the molecule is Cc1ccc(-c2cc(C(=O)N/N=C/c3ccc(F)cc3)c3ccccc3n2)cc1. The van der Waals surface area contributed by atoms with Crippen LogP contribution in [0.25, 0.3) is 22.2 Å². The fourth-order valence-electron chi connectivity index (χ4n) is 3.01. The molecule has 0 aliphatic rings. The van der Waals surface area contributed by atoms with Gasteiger partial charge < -0.3 is 0 Å². The number of fused-ring (bicyclic) bond motifs is 1. The highest BCUT2D eigenvalue weighted by Gasteiger charge is 2.13. The minimum absolute atomic E-state index is 0.321. The summed E-state index contributed by atoms with van der Waals surface area (Å²) in [5, 5.41) is 4.75. The van der Waals surface area contributed by atoms with Crippen LogP contribution in [-0.4, -0.2) is 17.1 Å². The lowest BCUT2D eigenvalue weighted by molar-refractivity contribution is 0.0956. The van der Waals surface area contributed by atoms with E-state index in [-0.39, 0.29) is 11.7 Å². The molecule has 0 saturated carbocycles. The van der Waals surface area contributed by atoms with Crippen LogP contribution in [0.3, 0.4) is 0 Å². The van der Waals surface area contributed by atoms with Gasteiger partial charge in [-0.25, -0.2) is 14.8 Å². The summed E-state index contributed by atoms with van der Waals surface area (Å²) in [5.74, 6) is -0.659. The van der Waals surface area contributed by atoms with Crippen molar-refractivity contribution >= 4 is 23.0 Å². The van der Waals surface area contributed by atoms with Crippen LogP contribution in [0, 0.1) is 12.7 Å². The molecule has 0 aliphatic heterocycles. The van der Waals surface area contributed by atoms with Crippen LogP contribution in [0.5, 0.6) is 0 Å². The average Bonchev–Trinajstić information content (AvgIpc) is 2.75. The molecule has 0 unspecified atom stereocenters. The van der Waals surface area contributed by atoms with E-state index >= 15 is 0 Å². The molecule has 1 heterocycles. The van der Waals surface area contributed by atoms with Gasteiger partial charge in [0.15, 0.2) is 0 Å². The first kappa shape index (κ1) is 18.5. The Kier molecular flexibility index (Phi) is 5.12. The third kappa shape index (κ3) is 4.19. The highest BCUT2D eigenvalue weighted by Crippen LogP contribution is 2.25. The number of hydrogen-bond donors (Lipinski definition) is 1. The number of para-hydroxylation sites is 1. The number of pyridine rings is 1. The number of carbonyl (C=O) groups is 1. The lowest BCUT2D eigenvalue weighted by Gasteiger charge is -2.09. The van der Waals surface area contributed by atoms with E-state index < -0.39 is 0 Å². The summed E-state index contributed by atoms with van der Waals surface area (Å²) in [6, 6.07) is 23.1. The van der Waals surface area contributed by atoms with E-state index in [0.717, 1.165) is 27.7 Å². The maximum Gasteiger partial charge on any atom is 0.272 e. The third-order valence-electron chi connectivity index (χ3n) is 4.56. The number of amides is 1. The van der Waals surface area contributed by atoms with Crippen molar-refractivity contribution in [3.63, 3.8) is 0 Å². The smallest absolute Gasteiger partial charge is 0.267 e. The Labute approximate surface area is 167 Å². The second kappa shape index (κ2) is 8.02. The number of nitrogens with zero attached hydrogens (tertiary/aromatic N) is 2. The van der Waals surface area contributed by atoms with Crippen molar-refractivity contribution in [2.45, 2.75) is 6.92 Å². The molecule has 29 heavy (non-hydrogen) atoms. The normalized spacial score (nSPS) is 11.1. The number of hydrogen-bond acceptors (Lipinski definition) is 3. The van der Waals surface area contributed by atoms with Crippen LogP contribution in [0.2, 0.25) is 0 Å². The number of aromatic nitrogens is 1. The summed E-state index contributed by atoms with van der Waals surface area (Å²) in [6.45, 7) is 2.02. The number of halogens is 1. The molecule has 1 N–H and O–H groups in total. The van der Waals surface area contributed by atoms with Gasteiger partial charge in [0, 0.05) is 10.9 Å². The van der Waals surface area contributed by atoms with Crippen LogP contribution < -0.4 is 5.43 Å². The summed E-state index contributed by atoms with van der Waals surface area (Å²) in [7, 11) is 0. The predicted octanol–water partition coefficient (Wildman–Crippen LogP) is 5.11. The first-order valence-corrected chi connectivity index (χ1v) is 9.16. The van der Waals surface area contributed by atoms with Gasteiger partial charge in [-0.1, -0.05) is 60.2 Å². The Morgan fingerprint density at radius 2 is 1.72 bits per heavy atom. The predicted molar refractivity (Wildman–Crippen MR) is 113 cm³/mol. The van der Waals surface area contributed by atoms with Gasteiger partial charge >= 0.3 is 0 Å². The summed E-state index contributed by atoms with van der Waals surface area (Å²) < 4.78 is 13.0. The highest BCUT2D eigenvalue weighted by molar-refractivity contribution is 6.07. The monoisotopic (exact) mass is 383 g/mol. The van der Waals surface area contributed by atoms with E-state index in [0.29, 0.717) is 11.1 Å². The van der Waals surface area contributed by atoms with Gasteiger partial charge in [0.2, 0.25) is 0 Å². The second-order valence-electron chi connectivity index (χ2n) is 6.69. The standard InChI is InChI=1S/C24H18FN3O/c1-16-6-10-18(11-7-16)23-14-21(20-4-2-3-5-22(20)27-23)24(29)28-26-15-17-8-12-19(25)13-9-17/h2-15H,1H3,(H,28,29)/b26-15+. The van der Waals surface area contributed by atoms with Crippen LogP contribution in [0.1, 0.15) is 21.5 Å². The molecule has 1 amide bonds. The molecule has 4 aromatic rings. The van der Waals surface area contributed by atoms with E-state index in [1.54, 1.807) is 18.2 Å². The Balaban J connectivity index is 1.67. The van der Waals surface area contributed by atoms with Crippen molar-refractivity contribution in [1.82, 2.24) is 10.4 Å². The van der Waals surface area contributed by atoms with Crippen molar-refractivity contribution in [1.29, 1.82) is 0 Å². The quantitative estimate of drug-likeness (QED) is 0.393. The van der Waals surface area contributed by atoms with Gasteiger partial charge in [0.05, 0.1) is 23.0 Å². The zero-order valence-electron chi connectivity index (χ0n) is 15.8. The van der Waals surface area contributed by atoms with E-state index in [4.69, 9.17) is 4.98 Å². The summed E-state index contributed by atoms with van der Waals surface area (Å²) >= 11 is 0. The number of rotatable bonds is 4. The Bertz CT molecular complexity index is 1200. The molecule has 0 fully saturated rings. The van der Waals surface area contributed by atoms with Crippen molar-refractivity contribution in [3.8, 4) is 11.3 Å². The minimum atomic E-state index is -0.338. The minimum Gasteiger partial charge on any atom is -0.267 e.